The van der Waals surface area contributed by atoms with Gasteiger partial charge in [0.05, 0.1) is 12.6 Å². The molecule has 1 aromatic heterocycles. The number of aryl methyl sites for hydroxylation is 1. The van der Waals surface area contributed by atoms with Crippen molar-refractivity contribution in [1.82, 2.24) is 9.55 Å². The summed E-state index contributed by atoms with van der Waals surface area (Å²) in [6, 6.07) is -0.701. The summed E-state index contributed by atoms with van der Waals surface area (Å²) in [6.07, 6.45) is 11.2. The monoisotopic (exact) mass is 922 g/mol. The molecular weight excluding hydrogens is 847 g/mol. The second kappa shape index (κ2) is 19.1. The number of aromatic amines is 1. The molecule has 0 bridgehead atoms. The van der Waals surface area contributed by atoms with E-state index in [1.807, 2.05) is 0 Å². The maximum absolute atomic E-state index is 13.4. The van der Waals surface area contributed by atoms with Crippen LogP contribution in [0.15, 0.2) is 20.9 Å². The van der Waals surface area contributed by atoms with Crippen molar-refractivity contribution in [3.8, 4) is 0 Å². The van der Waals surface area contributed by atoms with E-state index in [2.05, 4.69) is 63.5 Å². The van der Waals surface area contributed by atoms with Crippen LogP contribution < -0.4 is 11.2 Å². The van der Waals surface area contributed by atoms with Crippen LogP contribution in [0.3, 0.4) is 0 Å². The molecule has 0 amide bonds. The fourth-order valence-corrected chi connectivity index (χ4v) is 15.5. The van der Waals surface area contributed by atoms with Crippen molar-refractivity contribution in [2.24, 2.45) is 67.7 Å². The van der Waals surface area contributed by atoms with Crippen LogP contribution in [-0.2, 0) is 38.1 Å². The van der Waals surface area contributed by atoms with Crippen LogP contribution >= 0.6 is 0 Å². The van der Waals surface area contributed by atoms with Crippen molar-refractivity contribution < 1.29 is 43.2 Å². The highest BCUT2D eigenvalue weighted by Crippen LogP contribution is 2.77. The number of carboxylic acid groups (broad SMARTS) is 1. The smallest absolute Gasteiger partial charge is 0.330 e. The number of hydrogen-bond donors (Lipinski definition) is 2. The lowest BCUT2D eigenvalue weighted by Crippen LogP contribution is -2.67. The molecule has 366 valence electrons. The second-order valence-electron chi connectivity index (χ2n) is 22.9. The van der Waals surface area contributed by atoms with Gasteiger partial charge in [0, 0.05) is 59.6 Å². The van der Waals surface area contributed by atoms with Crippen molar-refractivity contribution in [3.05, 3.63) is 43.0 Å². The average Bonchev–Trinajstić information content (AvgIpc) is 3.84. The van der Waals surface area contributed by atoms with Crippen LogP contribution in [0.2, 0.25) is 0 Å². The Morgan fingerprint density at radius 3 is 2.27 bits per heavy atom. The highest BCUT2D eigenvalue weighted by Gasteiger charge is 2.71. The van der Waals surface area contributed by atoms with Crippen LogP contribution in [-0.4, -0.2) is 70.0 Å². The van der Waals surface area contributed by atoms with E-state index < -0.39 is 41.6 Å². The first kappa shape index (κ1) is 49.7. The van der Waals surface area contributed by atoms with Gasteiger partial charge < -0.3 is 24.1 Å². The number of esters is 3. The molecule has 0 radical (unpaired) electrons. The first-order valence-corrected chi connectivity index (χ1v) is 24.8. The second-order valence-corrected chi connectivity index (χ2v) is 22.9. The van der Waals surface area contributed by atoms with Gasteiger partial charge in [0.25, 0.3) is 5.56 Å². The van der Waals surface area contributed by atoms with Gasteiger partial charge in [-0.15, -0.1) is 0 Å². The molecule has 7 rings (SSSR count). The Hall–Kier alpha value is -4.17. The largest absolute Gasteiger partial charge is 0.481 e. The van der Waals surface area contributed by atoms with Crippen LogP contribution in [0, 0.1) is 69.5 Å². The van der Waals surface area contributed by atoms with Gasteiger partial charge in [-0.2, -0.15) is 0 Å². The summed E-state index contributed by atoms with van der Waals surface area (Å²) in [6.45, 7) is 18.8. The minimum atomic E-state index is -0.897. The number of hydrogen-bond acceptors (Lipinski definition) is 11. The fraction of sp³-hybridized carbons (Fsp3) is 0.840. The number of carbonyl (C=O) groups excluding carboxylic acids is 3. The summed E-state index contributed by atoms with van der Waals surface area (Å²) < 4.78 is 25.1. The molecular formula is C50H75N5O11. The van der Waals surface area contributed by atoms with Gasteiger partial charge in [0.2, 0.25) is 0 Å². The van der Waals surface area contributed by atoms with Gasteiger partial charge in [-0.1, -0.05) is 53.6 Å². The van der Waals surface area contributed by atoms with Gasteiger partial charge in [0.1, 0.15) is 25.0 Å². The maximum atomic E-state index is 13.4. The number of rotatable bonds is 16. The highest BCUT2D eigenvalue weighted by molar-refractivity contribution is 5.73. The molecule has 13 atom stereocenters. The Kier molecular flexibility index (Phi) is 14.4. The first-order valence-electron chi connectivity index (χ1n) is 24.8. The van der Waals surface area contributed by atoms with E-state index in [4.69, 9.17) is 29.6 Å². The molecule has 0 aromatic carbocycles. The molecule has 1 aliphatic heterocycles. The number of carbonyl (C=O) groups is 4. The summed E-state index contributed by atoms with van der Waals surface area (Å²) in [7, 11) is 0. The number of H-pyrrole nitrogens is 1. The molecule has 5 aliphatic carbocycles. The Labute approximate surface area is 388 Å². The quantitative estimate of drug-likeness (QED) is 0.0522. The van der Waals surface area contributed by atoms with Crippen LogP contribution in [0.25, 0.3) is 10.4 Å². The molecule has 2 heterocycles. The lowest BCUT2D eigenvalue weighted by atomic mass is 9.32. The SMILES string of the molecule is Cc1cn([C@H]2C[C@H](N=[N+]=[N-])C(COC(=O)CCCC(=O)OC[C@]34CC[C@@H](C(C)C)[C@@H]3[C@H]3CC[C@@H]5[C@@]6(C)CC[C@H](OC(=O)CCCC(=O)O)C(C)(C)[C@@H]6CC[C@@]5(C)[C@]3(C)CC4)O2)c(=O)[nH]c1=O. The minimum absolute atomic E-state index is 0.00323. The molecule has 1 unspecified atom stereocenters. The van der Waals surface area contributed by atoms with E-state index in [0.717, 1.165) is 57.8 Å². The third-order valence-corrected chi connectivity index (χ3v) is 19.0. The van der Waals surface area contributed by atoms with Crippen molar-refractivity contribution in [2.75, 3.05) is 13.2 Å². The number of fused-ring (bicyclic) bond motifs is 7. The van der Waals surface area contributed by atoms with E-state index in [9.17, 15) is 28.8 Å². The number of aliphatic carboxylic acids is 1. The van der Waals surface area contributed by atoms with Gasteiger partial charge >= 0.3 is 29.6 Å². The van der Waals surface area contributed by atoms with Crippen molar-refractivity contribution in [2.45, 2.75) is 189 Å². The number of aromatic nitrogens is 2. The van der Waals surface area contributed by atoms with Crippen LogP contribution in [0.4, 0.5) is 0 Å². The van der Waals surface area contributed by atoms with E-state index >= 15 is 0 Å². The zero-order valence-electron chi connectivity index (χ0n) is 40.6. The summed E-state index contributed by atoms with van der Waals surface area (Å²) in [4.78, 5) is 79.7. The van der Waals surface area contributed by atoms with E-state index in [1.54, 1.807) is 6.92 Å². The van der Waals surface area contributed by atoms with Crippen molar-refractivity contribution in [1.29, 1.82) is 0 Å². The third-order valence-electron chi connectivity index (χ3n) is 19.0. The molecule has 6 fully saturated rings. The summed E-state index contributed by atoms with van der Waals surface area (Å²) in [5.74, 6) is 0.971. The number of ether oxygens (including phenoxy) is 4. The van der Waals surface area contributed by atoms with E-state index in [1.165, 1.54) is 17.2 Å². The Morgan fingerprint density at radius 1 is 0.879 bits per heavy atom. The van der Waals surface area contributed by atoms with Crippen molar-refractivity contribution in [3.63, 3.8) is 0 Å². The molecule has 0 spiro atoms. The minimum Gasteiger partial charge on any atom is -0.481 e. The highest BCUT2D eigenvalue weighted by atomic mass is 16.6. The van der Waals surface area contributed by atoms with Crippen LogP contribution in [0.5, 0.6) is 0 Å². The molecule has 6 aliphatic rings. The zero-order chi connectivity index (χ0) is 48.0. The summed E-state index contributed by atoms with van der Waals surface area (Å²) >= 11 is 0. The normalized spacial score (nSPS) is 37.6. The Morgan fingerprint density at radius 2 is 1.58 bits per heavy atom. The Balaban J connectivity index is 0.946. The number of nitrogens with zero attached hydrogens (tertiary/aromatic N) is 4. The van der Waals surface area contributed by atoms with Gasteiger partial charge in [-0.05, 0) is 141 Å². The Bertz CT molecular complexity index is 2180. The van der Waals surface area contributed by atoms with E-state index in [-0.39, 0.29) is 90.2 Å². The molecule has 5 saturated carbocycles. The molecule has 66 heavy (non-hydrogen) atoms. The summed E-state index contributed by atoms with van der Waals surface area (Å²) in [5, 5.41) is 12.8. The van der Waals surface area contributed by atoms with Gasteiger partial charge in [-0.25, -0.2) is 4.79 Å². The number of azide groups is 1. The standard InChI is InChI=1S/C50H75N5O11/c1-29(2)31-17-22-50(28-64-41(59)13-10-12-40(58)63-27-34-33(53-54-51)25-38(65-34)55-26-30(3)44(61)52-45(55)62)24-23-48(7)32(43(31)50)15-16-36-47(6)20-19-37(66-42(60)14-9-11-39(56)57)46(4,5)35(47)18-21-49(36,48)8/h26,29,31-38,43H,9-25,27-28H2,1-8H3,(H,56,57)(H,52,61,62)/t31-,32+,33-,34?,35-,36+,37-,38+,43+,47-,48+,49+,50+/m0/s1. The number of carboxylic acids is 1. The molecule has 16 nitrogen and oxygen atoms in total. The molecule has 16 heteroatoms. The molecule has 2 N–H and O–H groups in total. The van der Waals surface area contributed by atoms with E-state index in [0.29, 0.717) is 54.1 Å². The molecule has 1 saturated heterocycles. The predicted molar refractivity (Wildman–Crippen MR) is 244 cm³/mol. The lowest BCUT2D eigenvalue weighted by molar-refractivity contribution is -0.253. The summed E-state index contributed by atoms with van der Waals surface area (Å²) in [5.41, 5.74) is 8.39. The predicted octanol–water partition coefficient (Wildman–Crippen LogP) is 8.97. The van der Waals surface area contributed by atoms with Crippen LogP contribution in [0.1, 0.15) is 169 Å². The first-order chi connectivity index (χ1) is 31.1. The lowest BCUT2D eigenvalue weighted by Gasteiger charge is -2.73. The van der Waals surface area contributed by atoms with Crippen molar-refractivity contribution >= 4 is 23.9 Å². The third kappa shape index (κ3) is 9.10. The number of nitrogens with one attached hydrogen (secondary N) is 1. The fourth-order valence-electron chi connectivity index (χ4n) is 15.5. The van der Waals surface area contributed by atoms with Gasteiger partial charge in [0.15, 0.2) is 0 Å². The topological polar surface area (TPSA) is 229 Å². The average molecular weight is 922 g/mol. The zero-order valence-corrected chi connectivity index (χ0v) is 40.6. The molecule has 1 aromatic rings. The van der Waals surface area contributed by atoms with Gasteiger partial charge in [-0.3, -0.25) is 33.5 Å². The maximum Gasteiger partial charge on any atom is 0.330 e.